The van der Waals surface area contributed by atoms with Crippen LogP contribution in [0.15, 0.2) is 76.3 Å². The minimum atomic E-state index is -3.55. The van der Waals surface area contributed by atoms with Gasteiger partial charge in [-0.15, -0.1) is 11.3 Å². The monoisotopic (exact) mass is 498 g/mol. The van der Waals surface area contributed by atoms with Gasteiger partial charge in [0.2, 0.25) is 5.91 Å². The summed E-state index contributed by atoms with van der Waals surface area (Å²) < 4.78 is 39.6. The summed E-state index contributed by atoms with van der Waals surface area (Å²) in [6, 6.07) is 20.4. The Labute approximate surface area is 203 Å². The summed E-state index contributed by atoms with van der Waals surface area (Å²) in [6.45, 7) is 1.21. The predicted molar refractivity (Wildman–Crippen MR) is 130 cm³/mol. The number of rotatable bonds is 6. The summed E-state index contributed by atoms with van der Waals surface area (Å²) in [5.41, 5.74) is 0.0858. The second-order valence-electron chi connectivity index (χ2n) is 8.49. The number of hydrogen-bond acceptors (Lipinski definition) is 6. The number of sulfonamides is 1. The summed E-state index contributed by atoms with van der Waals surface area (Å²) in [4.78, 5) is 13.6. The first kappa shape index (κ1) is 22.9. The molecular weight excluding hydrogens is 472 g/mol. The fourth-order valence-corrected chi connectivity index (χ4v) is 7.18. The van der Waals surface area contributed by atoms with Crippen molar-refractivity contribution in [2.45, 2.75) is 28.6 Å². The Hall–Kier alpha value is -2.88. The minimum Gasteiger partial charge on any atom is -0.486 e. The Kier molecular flexibility index (Phi) is 6.33. The smallest absolute Gasteiger partial charge is 0.252 e. The van der Waals surface area contributed by atoms with Crippen LogP contribution >= 0.6 is 11.3 Å². The number of fused-ring (bicyclic) bond motifs is 1. The Morgan fingerprint density at radius 2 is 1.71 bits per heavy atom. The molecule has 0 radical (unpaired) electrons. The van der Waals surface area contributed by atoms with Gasteiger partial charge in [0, 0.05) is 13.1 Å². The highest BCUT2D eigenvalue weighted by molar-refractivity contribution is 7.91. The molecule has 2 aliphatic rings. The second-order valence-corrected chi connectivity index (χ2v) is 11.6. The normalized spacial score (nSPS) is 19.9. The number of piperidine rings is 1. The molecule has 9 heteroatoms. The lowest BCUT2D eigenvalue weighted by molar-refractivity contribution is -0.128. The standard InChI is InChI=1S/C25H26N2O5S2/c28-24(26-17-20-18-31-21-9-4-5-10-22(21)32-20)25(19-7-2-1-3-8-19)12-14-27(15-13-25)34(29,30)23-11-6-16-33-23/h1-11,16,20H,12-15,17-18H2,(H,26,28)/t20-/m0/s1. The maximum absolute atomic E-state index is 13.6. The van der Waals surface area contributed by atoms with Gasteiger partial charge in [0.25, 0.3) is 10.0 Å². The molecule has 5 rings (SSSR count). The van der Waals surface area contributed by atoms with Crippen LogP contribution in [0.25, 0.3) is 0 Å². The van der Waals surface area contributed by atoms with Crippen molar-refractivity contribution >= 4 is 27.3 Å². The zero-order valence-electron chi connectivity index (χ0n) is 18.6. The highest BCUT2D eigenvalue weighted by Gasteiger charge is 2.45. The van der Waals surface area contributed by atoms with Gasteiger partial charge in [-0.1, -0.05) is 48.5 Å². The number of nitrogens with one attached hydrogen (secondary N) is 1. The molecule has 0 saturated carbocycles. The summed E-state index contributed by atoms with van der Waals surface area (Å²) >= 11 is 1.21. The van der Waals surface area contributed by atoms with Crippen molar-refractivity contribution in [3.63, 3.8) is 0 Å². The molecule has 0 unspecified atom stereocenters. The van der Waals surface area contributed by atoms with Crippen molar-refractivity contribution in [1.82, 2.24) is 9.62 Å². The number of para-hydroxylation sites is 2. The number of amides is 1. The molecule has 1 amide bonds. The van der Waals surface area contributed by atoms with Gasteiger partial charge in [-0.2, -0.15) is 4.31 Å². The van der Waals surface area contributed by atoms with Crippen LogP contribution in [0, 0.1) is 0 Å². The summed E-state index contributed by atoms with van der Waals surface area (Å²) in [7, 11) is -3.55. The number of benzene rings is 2. The third-order valence-electron chi connectivity index (χ3n) is 6.48. The number of hydrogen-bond donors (Lipinski definition) is 1. The van der Waals surface area contributed by atoms with Gasteiger partial charge in [-0.05, 0) is 42.0 Å². The lowest BCUT2D eigenvalue weighted by atomic mass is 9.72. The Bertz CT molecular complexity index is 1240. The minimum absolute atomic E-state index is 0.116. The van der Waals surface area contributed by atoms with Gasteiger partial charge >= 0.3 is 0 Å². The van der Waals surface area contributed by atoms with Gasteiger partial charge in [0.15, 0.2) is 11.5 Å². The fraction of sp³-hybridized carbons (Fsp3) is 0.320. The fourth-order valence-electron chi connectivity index (χ4n) is 4.59. The van der Waals surface area contributed by atoms with Crippen molar-refractivity contribution in [1.29, 1.82) is 0 Å². The van der Waals surface area contributed by atoms with Gasteiger partial charge in [-0.3, -0.25) is 4.79 Å². The molecule has 178 valence electrons. The van der Waals surface area contributed by atoms with Crippen LogP contribution in [0.4, 0.5) is 0 Å². The van der Waals surface area contributed by atoms with Crippen LogP contribution in [0.3, 0.4) is 0 Å². The van der Waals surface area contributed by atoms with Gasteiger partial charge in [0.05, 0.1) is 12.0 Å². The van der Waals surface area contributed by atoms with E-state index >= 15 is 0 Å². The summed E-state index contributed by atoms with van der Waals surface area (Å²) in [5, 5.41) is 4.82. The van der Waals surface area contributed by atoms with Crippen molar-refractivity contribution in [3.8, 4) is 11.5 Å². The van der Waals surface area contributed by atoms with Gasteiger partial charge in [-0.25, -0.2) is 8.42 Å². The maximum Gasteiger partial charge on any atom is 0.252 e. The van der Waals surface area contributed by atoms with Crippen molar-refractivity contribution in [2.24, 2.45) is 0 Å². The quantitative estimate of drug-likeness (QED) is 0.563. The number of carbonyl (C=O) groups excluding carboxylic acids is 1. The zero-order chi connectivity index (χ0) is 23.6. The average Bonchev–Trinajstić information content (AvgIpc) is 3.44. The van der Waals surface area contributed by atoms with Crippen LogP contribution < -0.4 is 14.8 Å². The van der Waals surface area contributed by atoms with Gasteiger partial charge in [0.1, 0.15) is 16.9 Å². The van der Waals surface area contributed by atoms with Crippen molar-refractivity contribution < 1.29 is 22.7 Å². The van der Waals surface area contributed by atoms with E-state index in [0.717, 1.165) is 5.56 Å². The Morgan fingerprint density at radius 3 is 2.41 bits per heavy atom. The van der Waals surface area contributed by atoms with Crippen molar-refractivity contribution in [2.75, 3.05) is 26.2 Å². The third-order valence-corrected chi connectivity index (χ3v) is 9.76. The van der Waals surface area contributed by atoms with Crippen LogP contribution in [-0.4, -0.2) is 51.0 Å². The van der Waals surface area contributed by atoms with E-state index in [0.29, 0.717) is 41.7 Å². The molecule has 2 aromatic carbocycles. The topological polar surface area (TPSA) is 84.9 Å². The lowest BCUT2D eigenvalue weighted by Crippen LogP contribution is -2.54. The predicted octanol–water partition coefficient (Wildman–Crippen LogP) is 3.43. The number of carbonyl (C=O) groups is 1. The van der Waals surface area contributed by atoms with E-state index in [9.17, 15) is 13.2 Å². The molecule has 2 aliphatic heterocycles. The van der Waals surface area contributed by atoms with E-state index in [1.807, 2.05) is 54.6 Å². The molecule has 7 nitrogen and oxygen atoms in total. The van der Waals surface area contributed by atoms with Crippen LogP contribution in [0.2, 0.25) is 0 Å². The van der Waals surface area contributed by atoms with E-state index in [1.54, 1.807) is 17.5 Å². The Balaban J connectivity index is 1.31. The molecule has 1 N–H and O–H groups in total. The molecule has 3 heterocycles. The average molecular weight is 499 g/mol. The molecule has 3 aromatic rings. The zero-order valence-corrected chi connectivity index (χ0v) is 20.2. The largest absolute Gasteiger partial charge is 0.486 e. The molecule has 0 bridgehead atoms. The lowest BCUT2D eigenvalue weighted by Gasteiger charge is -2.40. The molecule has 1 fully saturated rings. The van der Waals surface area contributed by atoms with E-state index in [4.69, 9.17) is 9.47 Å². The third kappa shape index (κ3) is 4.31. The van der Waals surface area contributed by atoms with Crippen LogP contribution in [0.1, 0.15) is 18.4 Å². The van der Waals surface area contributed by atoms with E-state index < -0.39 is 15.4 Å². The summed E-state index contributed by atoms with van der Waals surface area (Å²) in [5.74, 6) is 1.25. The molecular formula is C25H26N2O5S2. The van der Waals surface area contributed by atoms with Gasteiger partial charge < -0.3 is 14.8 Å². The summed E-state index contributed by atoms with van der Waals surface area (Å²) in [6.07, 6.45) is 0.502. The van der Waals surface area contributed by atoms with Crippen molar-refractivity contribution in [3.05, 3.63) is 77.7 Å². The molecule has 1 atom stereocenters. The first-order chi connectivity index (χ1) is 16.5. The maximum atomic E-state index is 13.6. The SMILES string of the molecule is O=C(NC[C@H]1COc2ccccc2O1)C1(c2ccccc2)CCN(S(=O)(=O)c2cccs2)CC1. The molecule has 1 aromatic heterocycles. The van der Waals surface area contributed by atoms with E-state index in [-0.39, 0.29) is 25.1 Å². The molecule has 0 spiro atoms. The first-order valence-corrected chi connectivity index (χ1v) is 13.6. The van der Waals surface area contributed by atoms with Crippen LogP contribution in [0.5, 0.6) is 11.5 Å². The highest BCUT2D eigenvalue weighted by atomic mass is 32.2. The number of thiophene rings is 1. The number of nitrogens with zero attached hydrogens (tertiary/aromatic N) is 1. The first-order valence-electron chi connectivity index (χ1n) is 11.2. The van der Waals surface area contributed by atoms with E-state index in [2.05, 4.69) is 5.32 Å². The second kappa shape index (κ2) is 9.40. The molecule has 0 aliphatic carbocycles. The van der Waals surface area contributed by atoms with Crippen LogP contribution in [-0.2, 0) is 20.2 Å². The molecule has 34 heavy (non-hydrogen) atoms. The molecule has 1 saturated heterocycles. The number of ether oxygens (including phenoxy) is 2. The van der Waals surface area contributed by atoms with E-state index in [1.165, 1.54) is 15.6 Å². The highest BCUT2D eigenvalue weighted by Crippen LogP contribution is 2.38. The Morgan fingerprint density at radius 1 is 1.00 bits per heavy atom.